The molecule has 8 heteroatoms. The lowest BCUT2D eigenvalue weighted by molar-refractivity contribution is -0.135. The first-order chi connectivity index (χ1) is 13.5. The normalized spacial score (nSPS) is 15.0. The van der Waals surface area contributed by atoms with Crippen molar-refractivity contribution in [3.63, 3.8) is 0 Å². The molecule has 1 aliphatic heterocycles. The van der Waals surface area contributed by atoms with E-state index < -0.39 is 0 Å². The number of piperazine rings is 1. The van der Waals surface area contributed by atoms with Crippen molar-refractivity contribution in [1.29, 1.82) is 0 Å². The number of nitrogens with zero attached hydrogens (tertiary/aromatic N) is 5. The molecule has 0 spiro atoms. The number of hydrogen-bond acceptors (Lipinski definition) is 5. The zero-order chi connectivity index (χ0) is 20.1. The minimum Gasteiger partial charge on any atom is -0.342 e. The van der Waals surface area contributed by atoms with Gasteiger partial charge in [0.25, 0.3) is 5.56 Å². The number of para-hydroxylation sites is 1. The van der Waals surface area contributed by atoms with E-state index in [0.717, 1.165) is 0 Å². The van der Waals surface area contributed by atoms with Crippen LogP contribution in [-0.4, -0.2) is 81.9 Å². The Morgan fingerprint density at radius 3 is 2.39 bits per heavy atom. The summed E-state index contributed by atoms with van der Waals surface area (Å²) in [6.45, 7) is 8.16. The van der Waals surface area contributed by atoms with Gasteiger partial charge in [-0.05, 0) is 26.0 Å². The van der Waals surface area contributed by atoms with Gasteiger partial charge in [0.1, 0.15) is 6.54 Å². The summed E-state index contributed by atoms with van der Waals surface area (Å²) in [6, 6.07) is 7.12. The summed E-state index contributed by atoms with van der Waals surface area (Å²) >= 11 is 0. The highest BCUT2D eigenvalue weighted by atomic mass is 16.2. The number of carbonyl (C=O) groups is 2. The fraction of sp³-hybridized carbons (Fsp3) is 0.500. The van der Waals surface area contributed by atoms with Gasteiger partial charge in [0.2, 0.25) is 11.8 Å². The molecule has 2 aromatic rings. The summed E-state index contributed by atoms with van der Waals surface area (Å²) in [7, 11) is 0. The van der Waals surface area contributed by atoms with Crippen molar-refractivity contribution < 1.29 is 9.59 Å². The second kappa shape index (κ2) is 8.97. The van der Waals surface area contributed by atoms with E-state index >= 15 is 0 Å². The zero-order valence-electron chi connectivity index (χ0n) is 16.5. The second-order valence-corrected chi connectivity index (χ2v) is 6.92. The monoisotopic (exact) mass is 385 g/mol. The largest absolute Gasteiger partial charge is 0.342 e. The van der Waals surface area contributed by atoms with Crippen LogP contribution in [0.5, 0.6) is 0 Å². The quantitative estimate of drug-likeness (QED) is 0.720. The van der Waals surface area contributed by atoms with E-state index in [-0.39, 0.29) is 23.9 Å². The Morgan fingerprint density at radius 1 is 1.04 bits per heavy atom. The Labute approximate surface area is 164 Å². The van der Waals surface area contributed by atoms with Crippen LogP contribution in [-0.2, 0) is 16.1 Å². The zero-order valence-corrected chi connectivity index (χ0v) is 16.5. The third-order valence-corrected chi connectivity index (χ3v) is 5.24. The maximum atomic E-state index is 12.6. The number of hydrogen-bond donors (Lipinski definition) is 0. The number of fused-ring (bicyclic) bond motifs is 1. The Morgan fingerprint density at radius 2 is 1.71 bits per heavy atom. The summed E-state index contributed by atoms with van der Waals surface area (Å²) in [4.78, 5) is 47.3. The number of carbonyl (C=O) groups excluding carboxylic acids is 2. The van der Waals surface area contributed by atoms with E-state index in [4.69, 9.17) is 0 Å². The van der Waals surface area contributed by atoms with Crippen LogP contribution in [0.4, 0.5) is 0 Å². The molecule has 28 heavy (non-hydrogen) atoms. The van der Waals surface area contributed by atoms with Crippen molar-refractivity contribution >= 4 is 22.7 Å². The lowest BCUT2D eigenvalue weighted by Gasteiger charge is -2.35. The van der Waals surface area contributed by atoms with E-state index in [1.807, 2.05) is 24.8 Å². The molecule has 150 valence electrons. The van der Waals surface area contributed by atoms with Crippen LogP contribution in [0.1, 0.15) is 13.8 Å². The lowest BCUT2D eigenvalue weighted by Crippen LogP contribution is -2.52. The fourth-order valence-corrected chi connectivity index (χ4v) is 3.49. The average Bonchev–Trinajstić information content (AvgIpc) is 2.71. The van der Waals surface area contributed by atoms with Gasteiger partial charge >= 0.3 is 0 Å². The summed E-state index contributed by atoms with van der Waals surface area (Å²) in [5, 5.41) is 0.512. The molecule has 2 heterocycles. The molecule has 1 fully saturated rings. The molecule has 1 aromatic heterocycles. The number of amides is 2. The SMILES string of the molecule is CCN(CC)C(=O)CN1CCN(C(=O)Cn2cnc3ccccc3c2=O)CC1. The van der Waals surface area contributed by atoms with Gasteiger partial charge in [0.15, 0.2) is 0 Å². The Kier molecular flexibility index (Phi) is 6.41. The molecule has 0 bridgehead atoms. The first kappa shape index (κ1) is 20.0. The van der Waals surface area contributed by atoms with Crippen LogP contribution in [0.3, 0.4) is 0 Å². The number of aromatic nitrogens is 2. The summed E-state index contributed by atoms with van der Waals surface area (Å²) in [6.07, 6.45) is 1.43. The molecule has 1 saturated heterocycles. The molecule has 3 rings (SSSR count). The van der Waals surface area contributed by atoms with Gasteiger partial charge in [-0.2, -0.15) is 0 Å². The van der Waals surface area contributed by atoms with Crippen LogP contribution in [0, 0.1) is 0 Å². The molecular weight excluding hydrogens is 358 g/mol. The molecule has 0 unspecified atom stereocenters. The Hall–Kier alpha value is -2.74. The predicted octanol–water partition coefficient (Wildman–Crippen LogP) is 0.409. The van der Waals surface area contributed by atoms with Crippen LogP contribution in [0.25, 0.3) is 10.9 Å². The van der Waals surface area contributed by atoms with E-state index in [1.54, 1.807) is 23.1 Å². The first-order valence-corrected chi connectivity index (χ1v) is 9.75. The third kappa shape index (κ3) is 4.39. The van der Waals surface area contributed by atoms with E-state index in [1.165, 1.54) is 10.9 Å². The number of likely N-dealkylation sites (N-methyl/N-ethyl adjacent to an activating group) is 1. The molecular formula is C20H27N5O3. The third-order valence-electron chi connectivity index (χ3n) is 5.24. The number of rotatable bonds is 6. The summed E-state index contributed by atoms with van der Waals surface area (Å²) < 4.78 is 1.36. The van der Waals surface area contributed by atoms with Crippen LogP contribution in [0.2, 0.25) is 0 Å². The van der Waals surface area contributed by atoms with Gasteiger partial charge in [-0.15, -0.1) is 0 Å². The fourth-order valence-electron chi connectivity index (χ4n) is 3.49. The predicted molar refractivity (Wildman–Crippen MR) is 107 cm³/mol. The van der Waals surface area contributed by atoms with Crippen molar-refractivity contribution in [2.45, 2.75) is 20.4 Å². The van der Waals surface area contributed by atoms with Gasteiger partial charge in [0, 0.05) is 39.3 Å². The summed E-state index contributed by atoms with van der Waals surface area (Å²) in [5.41, 5.74) is 0.421. The van der Waals surface area contributed by atoms with Gasteiger partial charge < -0.3 is 9.80 Å². The van der Waals surface area contributed by atoms with Crippen LogP contribution < -0.4 is 5.56 Å². The molecule has 0 aliphatic carbocycles. The van der Waals surface area contributed by atoms with Crippen LogP contribution >= 0.6 is 0 Å². The molecule has 8 nitrogen and oxygen atoms in total. The maximum Gasteiger partial charge on any atom is 0.261 e. The molecule has 1 aromatic carbocycles. The lowest BCUT2D eigenvalue weighted by atomic mass is 10.2. The smallest absolute Gasteiger partial charge is 0.261 e. The number of benzene rings is 1. The topological polar surface area (TPSA) is 78.8 Å². The minimum absolute atomic E-state index is 0.0188. The summed E-state index contributed by atoms with van der Waals surface area (Å²) in [5.74, 6) is 0.0208. The van der Waals surface area contributed by atoms with Gasteiger partial charge in [-0.3, -0.25) is 23.9 Å². The van der Waals surface area contributed by atoms with Crippen molar-refractivity contribution in [3.8, 4) is 0 Å². The molecule has 2 amide bonds. The molecule has 0 atom stereocenters. The first-order valence-electron chi connectivity index (χ1n) is 9.75. The van der Waals surface area contributed by atoms with Gasteiger partial charge in [-0.25, -0.2) is 4.98 Å². The van der Waals surface area contributed by atoms with Crippen molar-refractivity contribution in [2.24, 2.45) is 0 Å². The highest BCUT2D eigenvalue weighted by Crippen LogP contribution is 2.07. The van der Waals surface area contributed by atoms with Gasteiger partial charge in [0.05, 0.1) is 23.8 Å². The Bertz CT molecular complexity index is 898. The highest BCUT2D eigenvalue weighted by molar-refractivity contribution is 5.79. The van der Waals surface area contributed by atoms with E-state index in [0.29, 0.717) is 56.7 Å². The molecule has 0 saturated carbocycles. The standard InChI is InChI=1S/C20H27N5O3/c1-3-23(4-2)18(26)13-22-9-11-24(12-10-22)19(27)14-25-15-21-17-8-6-5-7-16(17)20(25)28/h5-8,15H,3-4,9-14H2,1-2H3. The molecule has 0 radical (unpaired) electrons. The average molecular weight is 385 g/mol. The minimum atomic E-state index is -0.206. The van der Waals surface area contributed by atoms with Crippen molar-refractivity contribution in [2.75, 3.05) is 45.8 Å². The van der Waals surface area contributed by atoms with E-state index in [2.05, 4.69) is 9.88 Å². The van der Waals surface area contributed by atoms with Crippen LogP contribution in [0.15, 0.2) is 35.4 Å². The molecule has 0 N–H and O–H groups in total. The second-order valence-electron chi connectivity index (χ2n) is 6.92. The highest BCUT2D eigenvalue weighted by Gasteiger charge is 2.24. The maximum absolute atomic E-state index is 12.6. The van der Waals surface area contributed by atoms with Gasteiger partial charge in [-0.1, -0.05) is 12.1 Å². The van der Waals surface area contributed by atoms with Crippen molar-refractivity contribution in [3.05, 3.63) is 40.9 Å². The Balaban J connectivity index is 1.57. The molecule has 1 aliphatic rings. The van der Waals surface area contributed by atoms with E-state index in [9.17, 15) is 14.4 Å². The van der Waals surface area contributed by atoms with Crippen molar-refractivity contribution in [1.82, 2.24) is 24.3 Å².